The van der Waals surface area contributed by atoms with Crippen LogP contribution in [0.25, 0.3) is 0 Å². The predicted molar refractivity (Wildman–Crippen MR) is 88.5 cm³/mol. The number of halogens is 2. The van der Waals surface area contributed by atoms with Gasteiger partial charge in [-0.25, -0.2) is 0 Å². The molecule has 1 aromatic rings. The molecule has 116 valence electrons. The molecule has 0 heterocycles. The topological polar surface area (TPSA) is 47.9 Å². The maximum absolute atomic E-state index is 12.3. The van der Waals surface area contributed by atoms with Gasteiger partial charge in [-0.1, -0.05) is 19.0 Å². The van der Waals surface area contributed by atoms with Crippen LogP contribution in [0.1, 0.15) is 25.8 Å². The number of ketones is 1. The Hall–Kier alpha value is -1.07. The number of oxime groups is 1. The lowest BCUT2D eigenvalue weighted by atomic mass is 9.85. The van der Waals surface area contributed by atoms with Gasteiger partial charge < -0.3 is 9.57 Å². The minimum atomic E-state index is -0.700. The van der Waals surface area contributed by atoms with Gasteiger partial charge in [0.15, 0.2) is 5.78 Å². The third kappa shape index (κ3) is 5.67. The predicted octanol–water partition coefficient (Wildman–Crippen LogP) is 3.99. The molecule has 0 saturated carbocycles. The SMILES string of the molecule is CON=Cc1ccc(OC(Br)C(=O)C(C)(C)CCCl)cc1. The number of hydrogen-bond donors (Lipinski definition) is 0. The van der Waals surface area contributed by atoms with E-state index in [9.17, 15) is 4.79 Å². The van der Waals surface area contributed by atoms with Crippen LogP contribution in [-0.2, 0) is 9.63 Å². The van der Waals surface area contributed by atoms with Gasteiger partial charge >= 0.3 is 0 Å². The van der Waals surface area contributed by atoms with Crippen LogP contribution in [0.3, 0.4) is 0 Å². The number of Topliss-reactive ketones (excluding diaryl/α,β-unsaturated/α-hetero) is 1. The van der Waals surface area contributed by atoms with E-state index in [1.54, 1.807) is 18.3 Å². The van der Waals surface area contributed by atoms with Crippen molar-refractivity contribution in [1.29, 1.82) is 0 Å². The second-order valence-electron chi connectivity index (χ2n) is 5.11. The molecule has 0 aliphatic heterocycles. The fourth-order valence-corrected chi connectivity index (χ4v) is 2.89. The number of nitrogens with zero attached hydrogens (tertiary/aromatic N) is 1. The molecule has 0 fully saturated rings. The monoisotopic (exact) mass is 375 g/mol. The summed E-state index contributed by atoms with van der Waals surface area (Å²) >= 11 is 9.01. The lowest BCUT2D eigenvalue weighted by Gasteiger charge is -2.25. The lowest BCUT2D eigenvalue weighted by molar-refractivity contribution is -0.130. The maximum atomic E-state index is 12.3. The van der Waals surface area contributed by atoms with Gasteiger partial charge in [-0.05, 0) is 52.2 Å². The Morgan fingerprint density at radius 3 is 2.57 bits per heavy atom. The fourth-order valence-electron chi connectivity index (χ4n) is 1.59. The van der Waals surface area contributed by atoms with Crippen LogP contribution >= 0.6 is 27.5 Å². The van der Waals surface area contributed by atoms with Gasteiger partial charge in [0.2, 0.25) is 5.01 Å². The summed E-state index contributed by atoms with van der Waals surface area (Å²) < 4.78 is 5.62. The van der Waals surface area contributed by atoms with Crippen molar-refractivity contribution in [3.8, 4) is 5.75 Å². The molecular weight excluding hydrogens is 358 g/mol. The fraction of sp³-hybridized carbons (Fsp3) is 0.467. The molecule has 0 spiro atoms. The van der Waals surface area contributed by atoms with Crippen molar-refractivity contribution in [3.05, 3.63) is 29.8 Å². The quantitative estimate of drug-likeness (QED) is 0.391. The van der Waals surface area contributed by atoms with Crippen LogP contribution in [0.15, 0.2) is 29.4 Å². The third-order valence-corrected chi connectivity index (χ3v) is 3.81. The van der Waals surface area contributed by atoms with Gasteiger partial charge in [0, 0.05) is 11.3 Å². The van der Waals surface area contributed by atoms with Gasteiger partial charge in [-0.15, -0.1) is 11.6 Å². The highest BCUT2D eigenvalue weighted by molar-refractivity contribution is 9.09. The molecule has 1 unspecified atom stereocenters. The first-order valence-corrected chi connectivity index (χ1v) is 7.93. The molecule has 6 heteroatoms. The number of benzene rings is 1. The van der Waals surface area contributed by atoms with Crippen molar-refractivity contribution in [1.82, 2.24) is 0 Å². The van der Waals surface area contributed by atoms with E-state index < -0.39 is 10.4 Å². The zero-order valence-corrected chi connectivity index (χ0v) is 14.6. The molecule has 0 amide bonds. The van der Waals surface area contributed by atoms with Crippen molar-refractivity contribution >= 4 is 39.5 Å². The Morgan fingerprint density at radius 1 is 1.43 bits per heavy atom. The molecule has 0 aliphatic rings. The Morgan fingerprint density at radius 2 is 2.05 bits per heavy atom. The molecule has 0 N–H and O–H groups in total. The number of ether oxygens (including phenoxy) is 1. The van der Waals surface area contributed by atoms with E-state index in [1.807, 2.05) is 26.0 Å². The zero-order valence-electron chi connectivity index (χ0n) is 12.3. The summed E-state index contributed by atoms with van der Waals surface area (Å²) in [5.41, 5.74) is 0.352. The van der Waals surface area contributed by atoms with E-state index in [4.69, 9.17) is 16.3 Å². The Balaban J connectivity index is 2.68. The number of carbonyl (C=O) groups is 1. The third-order valence-electron chi connectivity index (χ3n) is 3.02. The van der Waals surface area contributed by atoms with Crippen LogP contribution in [-0.4, -0.2) is 30.0 Å². The highest BCUT2D eigenvalue weighted by Gasteiger charge is 2.33. The second-order valence-corrected chi connectivity index (χ2v) is 6.32. The summed E-state index contributed by atoms with van der Waals surface area (Å²) in [6.07, 6.45) is 2.19. The van der Waals surface area contributed by atoms with Crippen molar-refractivity contribution in [3.63, 3.8) is 0 Å². The van der Waals surface area contributed by atoms with E-state index >= 15 is 0 Å². The summed E-state index contributed by atoms with van der Waals surface area (Å²) in [6, 6.07) is 7.19. The molecular formula is C15H19BrClNO3. The first-order valence-electron chi connectivity index (χ1n) is 6.48. The molecule has 0 saturated heterocycles. The van der Waals surface area contributed by atoms with Crippen molar-refractivity contribution in [2.75, 3.05) is 13.0 Å². The summed E-state index contributed by atoms with van der Waals surface area (Å²) in [7, 11) is 1.48. The summed E-state index contributed by atoms with van der Waals surface area (Å²) in [5.74, 6) is 1.00. The second kappa shape index (κ2) is 8.39. The Labute approximate surface area is 138 Å². The summed E-state index contributed by atoms with van der Waals surface area (Å²) in [6.45, 7) is 3.72. The van der Waals surface area contributed by atoms with Crippen LogP contribution < -0.4 is 4.74 Å². The maximum Gasteiger partial charge on any atom is 0.211 e. The first-order chi connectivity index (χ1) is 9.90. The number of hydrogen-bond acceptors (Lipinski definition) is 4. The average Bonchev–Trinajstić information content (AvgIpc) is 2.45. The van der Waals surface area contributed by atoms with Gasteiger partial charge in [-0.2, -0.15) is 0 Å². The molecule has 0 bridgehead atoms. The van der Waals surface area contributed by atoms with Crippen LogP contribution in [0.4, 0.5) is 0 Å². The number of alkyl halides is 2. The molecule has 0 radical (unpaired) electrons. The molecule has 21 heavy (non-hydrogen) atoms. The van der Waals surface area contributed by atoms with Crippen molar-refractivity contribution in [2.45, 2.75) is 25.3 Å². The Kier molecular flexibility index (Phi) is 7.18. The van der Waals surface area contributed by atoms with Gasteiger partial charge in [-0.3, -0.25) is 4.79 Å². The first kappa shape index (κ1) is 18.0. The highest BCUT2D eigenvalue weighted by atomic mass is 79.9. The molecule has 1 aromatic carbocycles. The summed E-state index contributed by atoms with van der Waals surface area (Å²) in [5, 5.41) is 2.97. The van der Waals surface area contributed by atoms with E-state index in [-0.39, 0.29) is 5.78 Å². The normalized spacial score (nSPS) is 13.2. The summed E-state index contributed by atoms with van der Waals surface area (Å²) in [4.78, 5) is 16.9. The van der Waals surface area contributed by atoms with Gasteiger partial charge in [0.05, 0.1) is 6.21 Å². The standard InChI is InChI=1S/C15H19BrClNO3/c1-15(2,8-9-17)13(19)14(16)21-12-6-4-11(5-7-12)10-18-20-3/h4-7,10,14H,8-9H2,1-3H3. The zero-order chi connectivity index (χ0) is 15.9. The highest BCUT2D eigenvalue weighted by Crippen LogP contribution is 2.28. The van der Waals surface area contributed by atoms with Gasteiger partial charge in [0.25, 0.3) is 0 Å². The van der Waals surface area contributed by atoms with Crippen LogP contribution in [0.2, 0.25) is 0 Å². The molecule has 0 aliphatic carbocycles. The smallest absolute Gasteiger partial charge is 0.211 e. The van der Waals surface area contributed by atoms with Crippen LogP contribution in [0.5, 0.6) is 5.75 Å². The van der Waals surface area contributed by atoms with Gasteiger partial charge in [0.1, 0.15) is 12.9 Å². The van der Waals surface area contributed by atoms with Crippen LogP contribution in [0, 0.1) is 5.41 Å². The minimum Gasteiger partial charge on any atom is -0.471 e. The van der Waals surface area contributed by atoms with E-state index in [0.29, 0.717) is 18.1 Å². The number of rotatable bonds is 8. The minimum absolute atomic E-state index is 0.0341. The molecule has 1 rings (SSSR count). The number of carbonyl (C=O) groups excluding carboxylic acids is 1. The largest absolute Gasteiger partial charge is 0.471 e. The molecule has 4 nitrogen and oxygen atoms in total. The molecule has 0 aromatic heterocycles. The van der Waals surface area contributed by atoms with E-state index in [2.05, 4.69) is 25.9 Å². The average molecular weight is 377 g/mol. The lowest BCUT2D eigenvalue weighted by Crippen LogP contribution is -2.34. The Bertz CT molecular complexity index is 488. The van der Waals surface area contributed by atoms with Crippen molar-refractivity contribution in [2.24, 2.45) is 10.6 Å². The van der Waals surface area contributed by atoms with Crippen molar-refractivity contribution < 1.29 is 14.4 Å². The molecule has 1 atom stereocenters. The van der Waals surface area contributed by atoms with E-state index in [1.165, 1.54) is 7.11 Å². The van der Waals surface area contributed by atoms with E-state index in [0.717, 1.165) is 5.56 Å².